The molecule has 6 aromatic carbocycles. The predicted octanol–water partition coefficient (Wildman–Crippen LogP) is 13.4. The first-order chi connectivity index (χ1) is 28.4. The Morgan fingerprint density at radius 3 is 1.88 bits per heavy atom. The second-order valence-corrected chi connectivity index (χ2v) is 17.6. The van der Waals surface area contributed by atoms with Crippen LogP contribution in [-0.2, 0) is 37.3 Å². The Balaban J connectivity index is 0.00000499. The first kappa shape index (κ1) is 40.9. The van der Waals surface area contributed by atoms with Gasteiger partial charge in [0.1, 0.15) is 5.82 Å². The standard InChI is InChI=1S/C54H49N4O.Pt/c1-52(2,3)41-31-42(54(6,7)39-19-12-9-13-20-39)33-44(32-41)57-30-29-56(37-57)43-21-16-22-45(35-43)59-46-25-26-48-47-23-14-15-24-49(47)58(50(48)36-46)51-34-40(27-28-55-51)53(4,5)38-17-10-8-11-18-38;/h8-34,37H,1-7H3;/q-3;. The summed E-state index contributed by atoms with van der Waals surface area (Å²) in [5.74, 6) is 2.04. The third-order valence-corrected chi connectivity index (χ3v) is 11.9. The van der Waals surface area contributed by atoms with Gasteiger partial charge in [0.25, 0.3) is 0 Å². The van der Waals surface area contributed by atoms with Crippen LogP contribution in [0, 0.1) is 18.8 Å². The zero-order valence-corrected chi connectivity index (χ0v) is 37.5. The van der Waals surface area contributed by atoms with Gasteiger partial charge in [0.2, 0.25) is 0 Å². The molecule has 1 aliphatic heterocycles. The fourth-order valence-corrected chi connectivity index (χ4v) is 8.11. The molecule has 0 aliphatic carbocycles. The van der Waals surface area contributed by atoms with Crippen LogP contribution in [-0.4, -0.2) is 9.55 Å². The van der Waals surface area contributed by atoms with Crippen LogP contribution in [0.15, 0.2) is 164 Å². The summed E-state index contributed by atoms with van der Waals surface area (Å²) in [4.78, 5) is 9.18. The molecule has 0 amide bonds. The number of hydrogen-bond acceptors (Lipinski definition) is 4. The predicted molar refractivity (Wildman–Crippen MR) is 243 cm³/mol. The van der Waals surface area contributed by atoms with Crippen molar-refractivity contribution in [2.24, 2.45) is 0 Å². The van der Waals surface area contributed by atoms with Crippen molar-refractivity contribution in [2.45, 2.75) is 64.7 Å². The van der Waals surface area contributed by atoms with Crippen molar-refractivity contribution in [3.8, 4) is 17.3 Å². The third-order valence-electron chi connectivity index (χ3n) is 11.9. The van der Waals surface area contributed by atoms with Crippen molar-refractivity contribution in [3.05, 3.63) is 211 Å². The Hall–Kier alpha value is -5.90. The number of nitrogens with zero attached hydrogens (tertiary/aromatic N) is 4. The molecule has 5 nitrogen and oxygen atoms in total. The molecule has 0 saturated carbocycles. The van der Waals surface area contributed by atoms with Gasteiger partial charge >= 0.3 is 0 Å². The minimum atomic E-state index is -0.214. The molecule has 9 rings (SSSR count). The number of rotatable bonds is 9. The number of para-hydroxylation sites is 1. The van der Waals surface area contributed by atoms with Crippen LogP contribution in [0.4, 0.5) is 11.4 Å². The van der Waals surface area contributed by atoms with Gasteiger partial charge in [-0.3, -0.25) is 0 Å². The summed E-state index contributed by atoms with van der Waals surface area (Å²) in [6, 6.07) is 58.4. The molecule has 2 aromatic heterocycles. The van der Waals surface area contributed by atoms with E-state index in [-0.39, 0.29) is 37.3 Å². The molecule has 0 atom stereocenters. The van der Waals surface area contributed by atoms with Crippen molar-refractivity contribution < 1.29 is 25.8 Å². The quantitative estimate of drug-likeness (QED) is 0.135. The Morgan fingerprint density at radius 2 is 1.17 bits per heavy atom. The normalized spacial score (nSPS) is 13.2. The Labute approximate surface area is 369 Å². The first-order valence-electron chi connectivity index (χ1n) is 20.4. The molecular weight excluding hydrogens is 916 g/mol. The van der Waals surface area contributed by atoms with Crippen LogP contribution in [0.3, 0.4) is 0 Å². The van der Waals surface area contributed by atoms with Gasteiger partial charge in [0.15, 0.2) is 0 Å². The van der Waals surface area contributed by atoms with Gasteiger partial charge in [-0.15, -0.1) is 48.1 Å². The van der Waals surface area contributed by atoms with E-state index in [9.17, 15) is 0 Å². The summed E-state index contributed by atoms with van der Waals surface area (Å²) in [7, 11) is 0. The average molecular weight is 965 g/mol. The van der Waals surface area contributed by atoms with Gasteiger partial charge < -0.3 is 19.1 Å². The molecular formula is C54H49N4OPt-3. The maximum Gasteiger partial charge on any atom is 0.135 e. The van der Waals surface area contributed by atoms with E-state index < -0.39 is 0 Å². The number of fused-ring (bicyclic) bond motifs is 3. The minimum Gasteiger partial charge on any atom is -0.509 e. The molecule has 3 heterocycles. The van der Waals surface area contributed by atoms with Crippen LogP contribution in [0.25, 0.3) is 27.6 Å². The molecule has 6 heteroatoms. The van der Waals surface area contributed by atoms with E-state index in [0.29, 0.717) is 11.5 Å². The van der Waals surface area contributed by atoms with Gasteiger partial charge in [-0.2, -0.15) is 12.1 Å². The summed E-state index contributed by atoms with van der Waals surface area (Å²) in [6.45, 7) is 18.1. The van der Waals surface area contributed by atoms with Crippen LogP contribution in [0.2, 0.25) is 0 Å². The van der Waals surface area contributed by atoms with E-state index in [1.54, 1.807) is 0 Å². The molecule has 0 spiro atoms. The Morgan fingerprint density at radius 1 is 0.533 bits per heavy atom. The second-order valence-electron chi connectivity index (χ2n) is 17.6. The van der Waals surface area contributed by atoms with Crippen LogP contribution in [0.5, 0.6) is 11.5 Å². The maximum atomic E-state index is 6.55. The van der Waals surface area contributed by atoms with Gasteiger partial charge in [-0.05, 0) is 81.4 Å². The van der Waals surface area contributed by atoms with Gasteiger partial charge in [0, 0.05) is 60.8 Å². The molecule has 0 radical (unpaired) electrons. The van der Waals surface area contributed by atoms with Gasteiger partial charge in [-0.25, -0.2) is 4.98 Å². The molecule has 1 aliphatic rings. The summed E-state index contributed by atoms with van der Waals surface area (Å²) in [6.07, 6.45) is 6.08. The fraction of sp³-hybridized carbons (Fsp3) is 0.185. The Bertz CT molecular complexity index is 2830. The van der Waals surface area contributed by atoms with Crippen molar-refractivity contribution in [1.29, 1.82) is 0 Å². The van der Waals surface area contributed by atoms with E-state index in [2.05, 4.69) is 215 Å². The summed E-state index contributed by atoms with van der Waals surface area (Å²) >= 11 is 0. The molecule has 0 bridgehead atoms. The van der Waals surface area contributed by atoms with E-state index in [1.807, 2.05) is 30.5 Å². The molecule has 0 fully saturated rings. The molecule has 304 valence electrons. The average Bonchev–Trinajstić information content (AvgIpc) is 3.88. The van der Waals surface area contributed by atoms with Crippen molar-refractivity contribution >= 4 is 33.2 Å². The molecule has 0 N–H and O–H groups in total. The second kappa shape index (κ2) is 15.9. The summed E-state index contributed by atoms with van der Waals surface area (Å²) in [5.41, 5.74) is 9.85. The van der Waals surface area contributed by atoms with Crippen molar-refractivity contribution in [3.63, 3.8) is 0 Å². The SMILES string of the molecule is CC(C)(C)c1cc(N2C=CN(c3[c-]c(Oc4[c-]c5c(cc4)c4ccccc4n5-c4cc(C(C)(C)c5ccccc5)ccn4)ccc3)[CH-]2)cc(C(C)(C)c2ccccc2)c1.[Pt]. The zero-order chi connectivity index (χ0) is 40.9. The van der Waals surface area contributed by atoms with E-state index >= 15 is 0 Å². The van der Waals surface area contributed by atoms with Crippen molar-refractivity contribution in [2.75, 3.05) is 9.80 Å². The summed E-state index contributed by atoms with van der Waals surface area (Å²) in [5, 5.41) is 2.22. The van der Waals surface area contributed by atoms with Crippen LogP contribution in [0.1, 0.15) is 76.3 Å². The first-order valence-corrected chi connectivity index (χ1v) is 20.4. The number of hydrogen-bond donors (Lipinski definition) is 0. The van der Waals surface area contributed by atoms with E-state index in [0.717, 1.165) is 39.0 Å². The van der Waals surface area contributed by atoms with Crippen molar-refractivity contribution in [1.82, 2.24) is 9.55 Å². The topological polar surface area (TPSA) is 33.5 Å². The summed E-state index contributed by atoms with van der Waals surface area (Å²) < 4.78 is 8.74. The number of ether oxygens (including phenoxy) is 1. The molecule has 8 aromatic rings. The van der Waals surface area contributed by atoms with Crippen LogP contribution >= 0.6 is 0 Å². The zero-order valence-electron chi connectivity index (χ0n) is 35.2. The molecule has 0 saturated heterocycles. The van der Waals surface area contributed by atoms with E-state index in [4.69, 9.17) is 9.72 Å². The van der Waals surface area contributed by atoms with Gasteiger partial charge in [0.05, 0.1) is 0 Å². The third kappa shape index (κ3) is 7.68. The monoisotopic (exact) mass is 964 g/mol. The van der Waals surface area contributed by atoms with Gasteiger partial charge in [-0.1, -0.05) is 139 Å². The largest absolute Gasteiger partial charge is 0.509 e. The number of pyridine rings is 1. The fourth-order valence-electron chi connectivity index (χ4n) is 8.11. The number of aromatic nitrogens is 2. The van der Waals surface area contributed by atoms with Crippen LogP contribution < -0.4 is 14.5 Å². The Kier molecular flexibility index (Phi) is 10.9. The maximum absolute atomic E-state index is 6.55. The molecule has 0 unspecified atom stereocenters. The van der Waals surface area contributed by atoms with E-state index in [1.165, 1.54) is 27.8 Å². The number of anilines is 2. The minimum absolute atomic E-state index is 0. The number of benzene rings is 6. The molecule has 60 heavy (non-hydrogen) atoms. The smallest absolute Gasteiger partial charge is 0.135 e.